The normalized spacial score (nSPS) is 13.1. The summed E-state index contributed by atoms with van der Waals surface area (Å²) < 4.78 is 10.1. The molecule has 0 aliphatic heterocycles. The van der Waals surface area contributed by atoms with Crippen molar-refractivity contribution in [2.75, 3.05) is 6.79 Å². The molecule has 0 spiro atoms. The number of rotatable bonds is 12. The van der Waals surface area contributed by atoms with Gasteiger partial charge in [-0.15, -0.1) is 0 Å². The highest BCUT2D eigenvalue weighted by Crippen LogP contribution is 2.29. The largest absolute Gasteiger partial charge is 0.507 e. The van der Waals surface area contributed by atoms with Crippen LogP contribution in [0.4, 0.5) is 0 Å². The second-order valence-corrected chi connectivity index (χ2v) is 6.61. The Morgan fingerprint density at radius 2 is 1.83 bits per heavy atom. The number of phenols is 1. The molecule has 29 heavy (non-hydrogen) atoms. The standard InChI is InChI=1S/C19H30BNO8/c1-4-12(5-2)18(24)28-11-29-19(25)14-9-7-8-13(17(14)23)10-15(20(26)27)21-16(22)6-3/h7-9,12,15,19,23,25-27H,4-6,10-11H2,1-3H3,(H,21,22)/t15-,19?/m0/s1. The van der Waals surface area contributed by atoms with E-state index in [-0.39, 0.29) is 41.5 Å². The van der Waals surface area contributed by atoms with E-state index in [9.17, 15) is 29.9 Å². The predicted molar refractivity (Wildman–Crippen MR) is 105 cm³/mol. The lowest BCUT2D eigenvalue weighted by atomic mass is 9.75. The summed E-state index contributed by atoms with van der Waals surface area (Å²) in [4.78, 5) is 23.4. The second kappa shape index (κ2) is 12.4. The van der Waals surface area contributed by atoms with Crippen molar-refractivity contribution >= 4 is 19.0 Å². The molecule has 0 saturated heterocycles. The molecule has 0 aromatic heterocycles. The number of para-hydroxylation sites is 1. The van der Waals surface area contributed by atoms with Crippen molar-refractivity contribution in [2.24, 2.45) is 5.92 Å². The number of aromatic hydroxyl groups is 1. The summed E-state index contributed by atoms with van der Waals surface area (Å²) in [5.74, 6) is -2.40. The van der Waals surface area contributed by atoms with Gasteiger partial charge >= 0.3 is 13.1 Å². The van der Waals surface area contributed by atoms with Crippen molar-refractivity contribution in [3.05, 3.63) is 29.3 Å². The number of esters is 1. The molecule has 5 N–H and O–H groups in total. The minimum Gasteiger partial charge on any atom is -0.507 e. The van der Waals surface area contributed by atoms with Crippen molar-refractivity contribution in [1.29, 1.82) is 0 Å². The maximum atomic E-state index is 11.8. The van der Waals surface area contributed by atoms with Crippen LogP contribution < -0.4 is 5.32 Å². The average molecular weight is 411 g/mol. The number of carbonyl (C=O) groups is 2. The van der Waals surface area contributed by atoms with E-state index in [0.29, 0.717) is 12.8 Å². The molecule has 1 aromatic rings. The van der Waals surface area contributed by atoms with Crippen molar-refractivity contribution in [1.82, 2.24) is 5.32 Å². The first-order chi connectivity index (χ1) is 13.7. The first-order valence-corrected chi connectivity index (χ1v) is 9.67. The number of hydrogen-bond acceptors (Lipinski definition) is 8. The number of nitrogens with one attached hydrogen (secondary N) is 1. The number of hydrogen-bond donors (Lipinski definition) is 5. The third kappa shape index (κ3) is 7.66. The third-order valence-electron chi connectivity index (χ3n) is 4.63. The fourth-order valence-electron chi connectivity index (χ4n) is 2.74. The Balaban J connectivity index is 2.78. The third-order valence-corrected chi connectivity index (χ3v) is 4.63. The van der Waals surface area contributed by atoms with Crippen LogP contribution in [0.15, 0.2) is 18.2 Å². The lowest BCUT2D eigenvalue weighted by Crippen LogP contribution is -2.47. The molecule has 1 rings (SSSR count). The minimum absolute atomic E-state index is 0.0223. The van der Waals surface area contributed by atoms with Gasteiger partial charge in [-0.05, 0) is 24.8 Å². The van der Waals surface area contributed by atoms with E-state index >= 15 is 0 Å². The Bertz CT molecular complexity index is 666. The molecule has 2 atom stereocenters. The molecule has 0 bridgehead atoms. The zero-order chi connectivity index (χ0) is 22.0. The Labute approximate surface area is 170 Å². The van der Waals surface area contributed by atoms with Gasteiger partial charge in [-0.3, -0.25) is 9.59 Å². The summed E-state index contributed by atoms with van der Waals surface area (Å²) in [6.45, 7) is 4.88. The molecule has 10 heteroatoms. The summed E-state index contributed by atoms with van der Waals surface area (Å²) in [6, 6.07) is 4.48. The summed E-state index contributed by atoms with van der Waals surface area (Å²) in [7, 11) is -1.83. The maximum absolute atomic E-state index is 11.8. The van der Waals surface area contributed by atoms with E-state index in [4.69, 9.17) is 9.47 Å². The van der Waals surface area contributed by atoms with Crippen LogP contribution in [0.5, 0.6) is 5.75 Å². The highest BCUT2D eigenvalue weighted by Gasteiger charge is 2.27. The monoisotopic (exact) mass is 411 g/mol. The molecular formula is C19H30BNO8. The molecule has 1 amide bonds. The van der Waals surface area contributed by atoms with Gasteiger partial charge in [0.1, 0.15) is 5.75 Å². The molecule has 0 saturated carbocycles. The lowest BCUT2D eigenvalue weighted by molar-refractivity contribution is -0.190. The van der Waals surface area contributed by atoms with Crippen molar-refractivity contribution in [3.63, 3.8) is 0 Å². The van der Waals surface area contributed by atoms with Crippen molar-refractivity contribution < 1.29 is 39.3 Å². The van der Waals surface area contributed by atoms with Crippen molar-refractivity contribution in [3.8, 4) is 5.75 Å². The van der Waals surface area contributed by atoms with Gasteiger partial charge in [-0.1, -0.05) is 39.0 Å². The highest BCUT2D eigenvalue weighted by atomic mass is 16.7. The summed E-state index contributed by atoms with van der Waals surface area (Å²) >= 11 is 0. The fraction of sp³-hybridized carbons (Fsp3) is 0.579. The Morgan fingerprint density at radius 1 is 1.17 bits per heavy atom. The number of aliphatic hydroxyl groups excluding tert-OH is 1. The topological polar surface area (TPSA) is 146 Å². The minimum atomic E-state index is -1.83. The van der Waals surface area contributed by atoms with Gasteiger partial charge in [0.25, 0.3) is 0 Å². The number of benzene rings is 1. The van der Waals surface area contributed by atoms with Gasteiger partial charge in [-0.25, -0.2) is 0 Å². The van der Waals surface area contributed by atoms with E-state index in [1.807, 2.05) is 13.8 Å². The Kier molecular flexibility index (Phi) is 10.7. The van der Waals surface area contributed by atoms with Crippen LogP contribution in [0.25, 0.3) is 0 Å². The van der Waals surface area contributed by atoms with E-state index < -0.39 is 32.1 Å². The molecule has 162 valence electrons. The molecule has 1 aromatic carbocycles. The number of carbonyl (C=O) groups excluding carboxylic acids is 2. The van der Waals surface area contributed by atoms with E-state index in [1.165, 1.54) is 18.2 Å². The maximum Gasteiger partial charge on any atom is 0.475 e. The quantitative estimate of drug-likeness (QED) is 0.193. The number of amides is 1. The van der Waals surface area contributed by atoms with Gasteiger partial charge in [0, 0.05) is 12.0 Å². The van der Waals surface area contributed by atoms with E-state index in [1.54, 1.807) is 6.92 Å². The SMILES string of the molecule is CCC(=O)N[C@@H](Cc1cccc(C(O)OCOC(=O)C(CC)CC)c1O)B(O)O. The van der Waals surface area contributed by atoms with Crippen LogP contribution in [0, 0.1) is 5.92 Å². The second-order valence-electron chi connectivity index (χ2n) is 6.61. The predicted octanol–water partition coefficient (Wildman–Crippen LogP) is 0.786. The zero-order valence-corrected chi connectivity index (χ0v) is 17.0. The van der Waals surface area contributed by atoms with E-state index in [0.717, 1.165) is 0 Å². The van der Waals surface area contributed by atoms with E-state index in [2.05, 4.69) is 5.32 Å². The highest BCUT2D eigenvalue weighted by molar-refractivity contribution is 6.43. The van der Waals surface area contributed by atoms with Crippen LogP contribution in [-0.2, 0) is 25.5 Å². The van der Waals surface area contributed by atoms with Gasteiger partial charge in [0.15, 0.2) is 13.1 Å². The van der Waals surface area contributed by atoms with Crippen LogP contribution >= 0.6 is 0 Å². The first kappa shape index (κ1) is 24.9. The lowest BCUT2D eigenvalue weighted by Gasteiger charge is -2.20. The van der Waals surface area contributed by atoms with Gasteiger partial charge in [0.05, 0.1) is 11.9 Å². The molecule has 0 radical (unpaired) electrons. The molecule has 9 nitrogen and oxygen atoms in total. The number of ether oxygens (including phenoxy) is 2. The van der Waals surface area contributed by atoms with Crippen LogP contribution in [0.3, 0.4) is 0 Å². The number of phenolic OH excluding ortho intramolecular Hbond substituents is 1. The molecule has 1 unspecified atom stereocenters. The van der Waals surface area contributed by atoms with Crippen LogP contribution in [0.1, 0.15) is 57.5 Å². The summed E-state index contributed by atoms with van der Waals surface area (Å²) in [5, 5.41) is 42.0. The Hall–Kier alpha value is -2.14. The number of aliphatic hydroxyl groups is 1. The van der Waals surface area contributed by atoms with Crippen LogP contribution in [0.2, 0.25) is 0 Å². The zero-order valence-electron chi connectivity index (χ0n) is 17.0. The molecule has 0 aliphatic carbocycles. The molecule has 0 heterocycles. The Morgan fingerprint density at radius 3 is 2.38 bits per heavy atom. The fourth-order valence-corrected chi connectivity index (χ4v) is 2.74. The molecule has 0 fully saturated rings. The summed E-state index contributed by atoms with van der Waals surface area (Å²) in [6.07, 6.45) is -0.218. The van der Waals surface area contributed by atoms with Crippen LogP contribution in [-0.4, -0.2) is 52.0 Å². The smallest absolute Gasteiger partial charge is 0.475 e. The molecule has 0 aliphatic rings. The van der Waals surface area contributed by atoms with Gasteiger partial charge in [-0.2, -0.15) is 0 Å². The molecular weight excluding hydrogens is 381 g/mol. The van der Waals surface area contributed by atoms with Gasteiger partial charge in [0.2, 0.25) is 5.91 Å². The summed E-state index contributed by atoms with van der Waals surface area (Å²) in [5.41, 5.74) is 0.294. The first-order valence-electron chi connectivity index (χ1n) is 9.67. The average Bonchev–Trinajstić information content (AvgIpc) is 2.69. The van der Waals surface area contributed by atoms with Gasteiger partial charge < -0.3 is 35.1 Å². The van der Waals surface area contributed by atoms with Crippen molar-refractivity contribution in [2.45, 2.75) is 58.7 Å².